The summed E-state index contributed by atoms with van der Waals surface area (Å²) in [5.74, 6) is 0. The number of alkyl halides is 3. The van der Waals surface area contributed by atoms with Gasteiger partial charge in [-0.3, -0.25) is 0 Å². The molecule has 9 heteroatoms. The molecule has 0 spiro atoms. The maximum absolute atomic E-state index is 12.4. The Balaban J connectivity index is 1.81. The van der Waals surface area contributed by atoms with Crippen LogP contribution >= 0.6 is 11.9 Å². The number of oxazole rings is 1. The largest absolute Gasteiger partial charge is 0.438 e. The van der Waals surface area contributed by atoms with E-state index in [0.717, 1.165) is 17.3 Å². The fourth-order valence-electron chi connectivity index (χ4n) is 1.86. The fourth-order valence-corrected chi connectivity index (χ4v) is 2.47. The third-order valence-corrected chi connectivity index (χ3v) is 3.54. The maximum atomic E-state index is 12.4. The first-order valence-electron chi connectivity index (χ1n) is 5.95. The van der Waals surface area contributed by atoms with E-state index in [-0.39, 0.29) is 5.22 Å². The van der Waals surface area contributed by atoms with E-state index in [9.17, 15) is 13.2 Å². The van der Waals surface area contributed by atoms with Crippen molar-refractivity contribution in [3.05, 3.63) is 41.9 Å². The van der Waals surface area contributed by atoms with Gasteiger partial charge in [-0.1, -0.05) is 12.1 Å². The topological polar surface area (TPSA) is 77.6 Å². The Morgan fingerprint density at radius 2 is 2.18 bits per heavy atom. The van der Waals surface area contributed by atoms with Crippen molar-refractivity contribution in [1.82, 2.24) is 9.97 Å². The summed E-state index contributed by atoms with van der Waals surface area (Å²) < 4.78 is 44.9. The first-order valence-corrected chi connectivity index (χ1v) is 6.76. The Bertz CT molecular complexity index is 862. The predicted octanol–water partition coefficient (Wildman–Crippen LogP) is 4.17. The van der Waals surface area contributed by atoms with Gasteiger partial charge in [0, 0.05) is 23.5 Å². The highest BCUT2D eigenvalue weighted by Gasteiger charge is 2.34. The van der Waals surface area contributed by atoms with Crippen LogP contribution in [0.2, 0.25) is 0 Å². The second-order valence-corrected chi connectivity index (χ2v) is 5.00. The van der Waals surface area contributed by atoms with Crippen molar-refractivity contribution in [1.29, 1.82) is 5.26 Å². The molecule has 3 rings (SSSR count). The first-order chi connectivity index (χ1) is 10.5. The molecule has 1 aromatic carbocycles. The lowest BCUT2D eigenvalue weighted by Gasteiger charge is -2.04. The van der Waals surface area contributed by atoms with Crippen LogP contribution in [0.15, 0.2) is 40.3 Å². The van der Waals surface area contributed by atoms with Crippen LogP contribution in [0, 0.1) is 11.3 Å². The average molecular weight is 324 g/mol. The second-order valence-electron chi connectivity index (χ2n) is 4.24. The van der Waals surface area contributed by atoms with Gasteiger partial charge in [0.1, 0.15) is 12.3 Å². The molecular weight excluding hydrogens is 317 g/mol. The maximum Gasteiger partial charge on any atom is 0.436 e. The zero-order valence-electron chi connectivity index (χ0n) is 10.7. The van der Waals surface area contributed by atoms with E-state index in [1.165, 1.54) is 0 Å². The van der Waals surface area contributed by atoms with E-state index < -0.39 is 11.9 Å². The summed E-state index contributed by atoms with van der Waals surface area (Å²) in [5, 5.41) is 9.54. The smallest absolute Gasteiger partial charge is 0.436 e. The van der Waals surface area contributed by atoms with Crippen LogP contribution in [0.3, 0.4) is 0 Å². The number of hydrogen-bond acceptors (Lipinski definition) is 5. The number of aromatic nitrogens is 2. The quantitative estimate of drug-likeness (QED) is 0.707. The van der Waals surface area contributed by atoms with Gasteiger partial charge in [0.25, 0.3) is 5.22 Å². The predicted molar refractivity (Wildman–Crippen MR) is 74.0 cm³/mol. The molecule has 0 aliphatic rings. The molecule has 0 radical (unpaired) electrons. The van der Waals surface area contributed by atoms with Crippen molar-refractivity contribution in [2.24, 2.45) is 0 Å². The molecule has 0 amide bonds. The van der Waals surface area contributed by atoms with E-state index in [4.69, 9.17) is 9.68 Å². The number of aromatic amines is 1. The standard InChI is InChI=1S/C13H7F3N4OS/c14-13(15,16)10-6-21-12(19-10)22-20-9-3-1-2-8-7(4-17)5-18-11(8)9/h1-3,5-6,18,20H. The minimum atomic E-state index is -4.54. The number of nitriles is 1. The van der Waals surface area contributed by atoms with Gasteiger partial charge >= 0.3 is 6.18 Å². The van der Waals surface area contributed by atoms with Crippen molar-refractivity contribution in [3.8, 4) is 6.07 Å². The summed E-state index contributed by atoms with van der Waals surface area (Å²) in [7, 11) is 0. The molecule has 0 saturated carbocycles. The number of hydrogen-bond donors (Lipinski definition) is 2. The third kappa shape index (κ3) is 2.60. The summed E-state index contributed by atoms with van der Waals surface area (Å²) in [6.07, 6.45) is -2.41. The van der Waals surface area contributed by atoms with Gasteiger partial charge in [-0.15, -0.1) is 0 Å². The van der Waals surface area contributed by atoms with Gasteiger partial charge in [-0.05, 0) is 6.07 Å². The molecule has 112 valence electrons. The molecule has 0 aliphatic heterocycles. The number of benzene rings is 1. The van der Waals surface area contributed by atoms with E-state index in [1.54, 1.807) is 24.4 Å². The van der Waals surface area contributed by atoms with Gasteiger partial charge in [0.15, 0.2) is 5.69 Å². The molecule has 0 unspecified atom stereocenters. The number of nitrogens with zero attached hydrogens (tertiary/aromatic N) is 2. The number of rotatable bonds is 3. The highest BCUT2D eigenvalue weighted by atomic mass is 32.2. The van der Waals surface area contributed by atoms with Crippen molar-refractivity contribution >= 4 is 28.5 Å². The molecule has 0 bridgehead atoms. The van der Waals surface area contributed by atoms with Crippen LogP contribution < -0.4 is 4.72 Å². The summed E-state index contributed by atoms with van der Waals surface area (Å²) in [6.45, 7) is 0. The van der Waals surface area contributed by atoms with Crippen molar-refractivity contribution in [3.63, 3.8) is 0 Å². The second kappa shape index (κ2) is 5.31. The SMILES string of the molecule is N#Cc1c[nH]c2c(NSc3nc(C(F)(F)F)co3)cccc12. The normalized spacial score (nSPS) is 11.5. The van der Waals surface area contributed by atoms with Gasteiger partial charge in [0.05, 0.1) is 16.8 Å². The molecular formula is C13H7F3N4OS. The number of H-pyrrole nitrogens is 1. The Morgan fingerprint density at radius 3 is 2.86 bits per heavy atom. The van der Waals surface area contributed by atoms with Gasteiger partial charge in [-0.25, -0.2) is 0 Å². The minimum Gasteiger partial charge on any atom is -0.438 e. The van der Waals surface area contributed by atoms with Crippen LogP contribution in [0.1, 0.15) is 11.3 Å². The first kappa shape index (κ1) is 14.3. The van der Waals surface area contributed by atoms with Crippen LogP contribution in [0.4, 0.5) is 18.9 Å². The Kier molecular flexibility index (Phi) is 3.46. The molecule has 2 aromatic heterocycles. The Labute approximate surface area is 126 Å². The molecule has 3 aromatic rings. The zero-order chi connectivity index (χ0) is 15.7. The summed E-state index contributed by atoms with van der Waals surface area (Å²) in [4.78, 5) is 6.29. The molecule has 2 N–H and O–H groups in total. The number of fused-ring (bicyclic) bond motifs is 1. The Hall–Kier alpha value is -2.60. The van der Waals surface area contributed by atoms with E-state index in [2.05, 4.69) is 14.7 Å². The molecule has 2 heterocycles. The fraction of sp³-hybridized carbons (Fsp3) is 0.0769. The van der Waals surface area contributed by atoms with Crippen LogP contribution in [-0.4, -0.2) is 9.97 Å². The molecule has 5 nitrogen and oxygen atoms in total. The van der Waals surface area contributed by atoms with Crippen LogP contribution in [0.25, 0.3) is 10.9 Å². The summed E-state index contributed by atoms with van der Waals surface area (Å²) in [5.41, 5.74) is 0.686. The van der Waals surface area contributed by atoms with Gasteiger partial charge in [0.2, 0.25) is 0 Å². The number of nitrogens with one attached hydrogen (secondary N) is 2. The molecule has 0 atom stereocenters. The number of para-hydroxylation sites is 1. The summed E-state index contributed by atoms with van der Waals surface area (Å²) >= 11 is 0.811. The van der Waals surface area contributed by atoms with Crippen molar-refractivity contribution in [2.45, 2.75) is 11.4 Å². The van der Waals surface area contributed by atoms with E-state index in [0.29, 0.717) is 23.0 Å². The van der Waals surface area contributed by atoms with Gasteiger partial charge in [-0.2, -0.15) is 23.4 Å². The van der Waals surface area contributed by atoms with E-state index >= 15 is 0 Å². The average Bonchev–Trinajstić information content (AvgIpc) is 3.11. The highest BCUT2D eigenvalue weighted by Crippen LogP contribution is 2.32. The molecule has 0 saturated heterocycles. The third-order valence-electron chi connectivity index (χ3n) is 2.86. The van der Waals surface area contributed by atoms with Crippen LogP contribution in [-0.2, 0) is 6.18 Å². The molecule has 0 fully saturated rings. The highest BCUT2D eigenvalue weighted by molar-refractivity contribution is 8.00. The molecule has 0 aliphatic carbocycles. The van der Waals surface area contributed by atoms with E-state index in [1.807, 2.05) is 6.07 Å². The molecule has 22 heavy (non-hydrogen) atoms. The van der Waals surface area contributed by atoms with Crippen molar-refractivity contribution < 1.29 is 17.6 Å². The minimum absolute atomic E-state index is 0.156. The lowest BCUT2D eigenvalue weighted by Crippen LogP contribution is -2.04. The lowest BCUT2D eigenvalue weighted by atomic mass is 10.2. The number of anilines is 1. The van der Waals surface area contributed by atoms with Crippen molar-refractivity contribution in [2.75, 3.05) is 4.72 Å². The van der Waals surface area contributed by atoms with Crippen LogP contribution in [0.5, 0.6) is 0 Å². The Morgan fingerprint density at radius 1 is 1.36 bits per heavy atom. The lowest BCUT2D eigenvalue weighted by molar-refractivity contribution is -0.141. The van der Waals surface area contributed by atoms with Gasteiger partial charge < -0.3 is 14.1 Å². The zero-order valence-corrected chi connectivity index (χ0v) is 11.5. The monoisotopic (exact) mass is 324 g/mol. The number of halogens is 3. The summed E-state index contributed by atoms with van der Waals surface area (Å²) in [6, 6.07) is 7.28.